The van der Waals surface area contributed by atoms with E-state index in [0.29, 0.717) is 64.1 Å². The van der Waals surface area contributed by atoms with E-state index in [4.69, 9.17) is 16.6 Å². The zero-order valence-corrected chi connectivity index (χ0v) is 19.5. The highest BCUT2D eigenvalue weighted by atomic mass is 35.5. The molecule has 3 aromatic heterocycles. The number of piperazine rings is 1. The molecule has 1 aromatic carbocycles. The fraction of sp³-hybridized carbons (Fsp3) is 0.292. The zero-order chi connectivity index (χ0) is 24.7. The summed E-state index contributed by atoms with van der Waals surface area (Å²) in [6.45, 7) is 3.62. The van der Waals surface area contributed by atoms with E-state index in [1.54, 1.807) is 30.6 Å². The van der Waals surface area contributed by atoms with Gasteiger partial charge in [0, 0.05) is 55.4 Å². The maximum Gasteiger partial charge on any atom is 0.416 e. The van der Waals surface area contributed by atoms with Crippen LogP contribution >= 0.6 is 11.6 Å². The Morgan fingerprint density at radius 2 is 2.03 bits per heavy atom. The largest absolute Gasteiger partial charge is 0.416 e. The van der Waals surface area contributed by atoms with Crippen LogP contribution < -0.4 is 9.80 Å². The minimum absolute atomic E-state index is 0.0244. The number of rotatable bonds is 4. The first-order valence-electron chi connectivity index (χ1n) is 11.0. The van der Waals surface area contributed by atoms with Gasteiger partial charge >= 0.3 is 6.18 Å². The molecule has 4 heterocycles. The predicted molar refractivity (Wildman–Crippen MR) is 129 cm³/mol. The summed E-state index contributed by atoms with van der Waals surface area (Å²) in [5, 5.41) is 9.74. The molecule has 0 aliphatic carbocycles. The van der Waals surface area contributed by atoms with E-state index in [1.165, 1.54) is 6.20 Å². The number of aliphatic hydroxyl groups is 1. The highest BCUT2D eigenvalue weighted by molar-refractivity contribution is 6.33. The van der Waals surface area contributed by atoms with E-state index in [9.17, 15) is 18.3 Å². The molecule has 1 aliphatic rings. The molecule has 1 aliphatic heterocycles. The number of fused-ring (bicyclic) bond motifs is 1. The number of aromatic amines is 1. The monoisotopic (exact) mass is 502 g/mol. The van der Waals surface area contributed by atoms with Gasteiger partial charge in [-0.05, 0) is 36.8 Å². The first-order valence-corrected chi connectivity index (χ1v) is 11.4. The van der Waals surface area contributed by atoms with Crippen molar-refractivity contribution in [1.82, 2.24) is 19.9 Å². The van der Waals surface area contributed by atoms with Crippen molar-refractivity contribution in [3.05, 3.63) is 65.1 Å². The molecule has 2 N–H and O–H groups in total. The molecule has 11 heteroatoms. The van der Waals surface area contributed by atoms with Crippen molar-refractivity contribution in [3.63, 3.8) is 0 Å². The van der Waals surface area contributed by atoms with Crippen LogP contribution in [-0.2, 0) is 12.8 Å². The number of nitrogens with zero attached hydrogens (tertiary/aromatic N) is 5. The van der Waals surface area contributed by atoms with Crippen LogP contribution in [0.5, 0.6) is 0 Å². The lowest BCUT2D eigenvalue weighted by Gasteiger charge is -2.40. The van der Waals surface area contributed by atoms with Crippen LogP contribution in [0.25, 0.3) is 22.2 Å². The van der Waals surface area contributed by atoms with Gasteiger partial charge in [-0.1, -0.05) is 17.7 Å². The third-order valence-electron chi connectivity index (χ3n) is 6.13. The van der Waals surface area contributed by atoms with Gasteiger partial charge in [0.1, 0.15) is 5.82 Å². The van der Waals surface area contributed by atoms with Gasteiger partial charge in [-0.3, -0.25) is 4.98 Å². The summed E-state index contributed by atoms with van der Waals surface area (Å²) in [7, 11) is 0. The Morgan fingerprint density at radius 3 is 2.69 bits per heavy atom. The normalized spacial score (nSPS) is 16.8. The van der Waals surface area contributed by atoms with Crippen molar-refractivity contribution >= 4 is 34.4 Å². The standard InChI is InChI=1S/C24H22ClF3N6O/c1-14-12-33(22-19(25)7-15(13-35)10-30-22)5-6-34(14)23-31-20-9-17(24(26,27)28)8-18(21(20)32-23)16-3-2-4-29-11-16/h2-4,7-11,14,35H,5-6,12-13H2,1H3,(H,31,32)/t14-/m1/s1. The van der Waals surface area contributed by atoms with Crippen LogP contribution in [0.3, 0.4) is 0 Å². The number of hydrogen-bond acceptors (Lipinski definition) is 6. The SMILES string of the molecule is C[C@@H]1CN(c2ncc(CO)cc2Cl)CCN1c1nc2c(-c3cccnc3)cc(C(F)(F)F)cc2[nH]1. The summed E-state index contributed by atoms with van der Waals surface area (Å²) in [5.41, 5.74) is 1.59. The smallest absolute Gasteiger partial charge is 0.392 e. The molecule has 182 valence electrons. The number of halogens is 4. The second-order valence-electron chi connectivity index (χ2n) is 8.52. The van der Waals surface area contributed by atoms with Crippen LogP contribution in [0, 0.1) is 0 Å². The number of pyridine rings is 2. The summed E-state index contributed by atoms with van der Waals surface area (Å²) in [5.74, 6) is 1.14. The van der Waals surface area contributed by atoms with Crippen LogP contribution in [-0.4, -0.2) is 50.7 Å². The Kier molecular flexibility index (Phi) is 6.02. The predicted octanol–water partition coefficient (Wildman–Crippen LogP) is 4.90. The van der Waals surface area contributed by atoms with Gasteiger partial charge in [-0.2, -0.15) is 13.2 Å². The van der Waals surface area contributed by atoms with Crippen molar-refractivity contribution in [1.29, 1.82) is 0 Å². The molecule has 7 nitrogen and oxygen atoms in total. The van der Waals surface area contributed by atoms with Gasteiger partial charge in [0.05, 0.1) is 28.2 Å². The third kappa shape index (κ3) is 4.51. The molecule has 1 saturated heterocycles. The van der Waals surface area contributed by atoms with Gasteiger partial charge in [0.25, 0.3) is 0 Å². The zero-order valence-electron chi connectivity index (χ0n) is 18.7. The lowest BCUT2D eigenvalue weighted by atomic mass is 10.0. The third-order valence-corrected chi connectivity index (χ3v) is 6.41. The number of aliphatic hydroxyl groups excluding tert-OH is 1. The average molecular weight is 503 g/mol. The Bertz CT molecular complexity index is 1360. The van der Waals surface area contributed by atoms with Gasteiger partial charge in [-0.25, -0.2) is 9.97 Å². The molecule has 1 atom stereocenters. The maximum atomic E-state index is 13.6. The number of imidazole rings is 1. The van der Waals surface area contributed by atoms with E-state index >= 15 is 0 Å². The van der Waals surface area contributed by atoms with Gasteiger partial charge in [0.2, 0.25) is 5.95 Å². The lowest BCUT2D eigenvalue weighted by Crippen LogP contribution is -2.52. The fourth-order valence-electron chi connectivity index (χ4n) is 4.40. The Labute approximate surface area is 204 Å². The first kappa shape index (κ1) is 23.4. The van der Waals surface area contributed by atoms with Crippen molar-refractivity contribution in [3.8, 4) is 11.1 Å². The summed E-state index contributed by atoms with van der Waals surface area (Å²) >= 11 is 6.38. The summed E-state index contributed by atoms with van der Waals surface area (Å²) < 4.78 is 40.9. The van der Waals surface area contributed by atoms with Gasteiger partial charge in [0.15, 0.2) is 0 Å². The maximum absolute atomic E-state index is 13.6. The number of anilines is 2. The van der Waals surface area contributed by atoms with E-state index in [1.807, 2.05) is 11.8 Å². The fourth-order valence-corrected chi connectivity index (χ4v) is 4.71. The average Bonchev–Trinajstić information content (AvgIpc) is 3.27. The molecular weight excluding hydrogens is 481 g/mol. The molecule has 0 spiro atoms. The van der Waals surface area contributed by atoms with Crippen LogP contribution in [0.4, 0.5) is 24.9 Å². The summed E-state index contributed by atoms with van der Waals surface area (Å²) in [6.07, 6.45) is 0.205. The number of benzene rings is 1. The van der Waals surface area contributed by atoms with E-state index < -0.39 is 11.7 Å². The second kappa shape index (κ2) is 9.01. The molecule has 4 aromatic rings. The van der Waals surface area contributed by atoms with Gasteiger partial charge in [-0.15, -0.1) is 0 Å². The first-order chi connectivity index (χ1) is 16.7. The molecule has 1 fully saturated rings. The van der Waals surface area contributed by atoms with Crippen molar-refractivity contribution in [2.24, 2.45) is 0 Å². The van der Waals surface area contributed by atoms with E-state index in [2.05, 4.69) is 19.9 Å². The molecule has 5 rings (SSSR count). The number of hydrogen-bond donors (Lipinski definition) is 2. The lowest BCUT2D eigenvalue weighted by molar-refractivity contribution is -0.137. The highest BCUT2D eigenvalue weighted by Gasteiger charge is 2.33. The van der Waals surface area contributed by atoms with Gasteiger partial charge < -0.3 is 19.9 Å². The Morgan fingerprint density at radius 1 is 1.20 bits per heavy atom. The van der Waals surface area contributed by atoms with Crippen molar-refractivity contribution in [2.75, 3.05) is 29.4 Å². The number of H-pyrrole nitrogens is 1. The number of nitrogens with one attached hydrogen (secondary N) is 1. The Hall–Kier alpha value is -3.37. The van der Waals surface area contributed by atoms with Crippen LogP contribution in [0.1, 0.15) is 18.1 Å². The topological polar surface area (TPSA) is 81.2 Å². The van der Waals surface area contributed by atoms with Crippen LogP contribution in [0.15, 0.2) is 48.9 Å². The van der Waals surface area contributed by atoms with Crippen LogP contribution in [0.2, 0.25) is 5.02 Å². The number of aromatic nitrogens is 4. The molecule has 35 heavy (non-hydrogen) atoms. The quantitative estimate of drug-likeness (QED) is 0.413. The highest BCUT2D eigenvalue weighted by Crippen LogP contribution is 2.37. The second-order valence-corrected chi connectivity index (χ2v) is 8.92. The van der Waals surface area contributed by atoms with Crippen molar-refractivity contribution in [2.45, 2.75) is 25.7 Å². The summed E-state index contributed by atoms with van der Waals surface area (Å²) in [4.78, 5) is 20.4. The molecule has 0 radical (unpaired) electrons. The minimum Gasteiger partial charge on any atom is -0.392 e. The number of alkyl halides is 3. The molecule has 0 bridgehead atoms. The van der Waals surface area contributed by atoms with E-state index in [-0.39, 0.29) is 12.6 Å². The molecule has 0 saturated carbocycles. The summed E-state index contributed by atoms with van der Waals surface area (Å²) in [6, 6.07) is 7.29. The molecule has 0 unspecified atom stereocenters. The molecular formula is C24H22ClF3N6O. The van der Waals surface area contributed by atoms with E-state index in [0.717, 1.165) is 12.1 Å². The molecule has 0 amide bonds. The van der Waals surface area contributed by atoms with Crippen molar-refractivity contribution < 1.29 is 18.3 Å². The minimum atomic E-state index is -4.49. The Balaban J connectivity index is 1.48.